The Morgan fingerprint density at radius 1 is 1.17 bits per heavy atom. The Balaban J connectivity index is 1.50. The molecule has 3 rings (SSSR count). The minimum Gasteiger partial charge on any atom is -0.482 e. The van der Waals surface area contributed by atoms with Crippen LogP contribution < -0.4 is 15.4 Å². The lowest BCUT2D eigenvalue weighted by molar-refractivity contribution is -0.118. The molecule has 1 saturated carbocycles. The Labute approximate surface area is 143 Å². The normalized spacial score (nSPS) is 13.5. The molecule has 1 aliphatic carbocycles. The molecule has 0 atom stereocenters. The number of halogens is 2. The van der Waals surface area contributed by atoms with E-state index in [2.05, 4.69) is 20.8 Å². The molecule has 1 aromatic heterocycles. The lowest BCUT2D eigenvalue weighted by atomic mass is 10.3. The average molecular weight is 353 g/mol. The quantitative estimate of drug-likeness (QED) is 0.833. The molecule has 1 heterocycles. The second kappa shape index (κ2) is 7.02. The van der Waals surface area contributed by atoms with E-state index in [1.807, 2.05) is 0 Å². The second-order valence-electron chi connectivity index (χ2n) is 5.13. The van der Waals surface area contributed by atoms with Crippen LogP contribution in [-0.2, 0) is 4.79 Å². The van der Waals surface area contributed by atoms with Crippen LogP contribution in [0.2, 0.25) is 10.0 Å². The van der Waals surface area contributed by atoms with Crippen molar-refractivity contribution in [2.24, 2.45) is 0 Å². The van der Waals surface area contributed by atoms with E-state index in [1.165, 1.54) is 0 Å². The minimum atomic E-state index is -0.354. The molecule has 0 unspecified atom stereocenters. The fourth-order valence-electron chi connectivity index (χ4n) is 1.83. The van der Waals surface area contributed by atoms with Crippen LogP contribution >= 0.6 is 23.2 Å². The maximum atomic E-state index is 11.8. The van der Waals surface area contributed by atoms with Gasteiger partial charge >= 0.3 is 0 Å². The zero-order valence-electron chi connectivity index (χ0n) is 12.1. The molecular formula is C15H14Cl2N4O2. The predicted octanol–water partition coefficient (Wildman–Crippen LogP) is 3.38. The Hall–Kier alpha value is -2.05. The average Bonchev–Trinajstić information content (AvgIpc) is 3.32. The molecule has 120 valence electrons. The van der Waals surface area contributed by atoms with E-state index in [4.69, 9.17) is 27.9 Å². The van der Waals surface area contributed by atoms with E-state index in [9.17, 15) is 4.79 Å². The summed E-state index contributed by atoms with van der Waals surface area (Å²) in [5.74, 6) is 1.10. The van der Waals surface area contributed by atoms with Gasteiger partial charge < -0.3 is 15.4 Å². The first-order chi connectivity index (χ1) is 11.1. The smallest absolute Gasteiger partial charge is 0.263 e. The molecule has 1 fully saturated rings. The van der Waals surface area contributed by atoms with Crippen molar-refractivity contribution >= 4 is 40.7 Å². The van der Waals surface area contributed by atoms with Crippen molar-refractivity contribution in [2.45, 2.75) is 18.9 Å². The molecule has 1 aromatic carbocycles. The van der Waals surface area contributed by atoms with E-state index in [-0.39, 0.29) is 12.5 Å². The molecular weight excluding hydrogens is 339 g/mol. The van der Waals surface area contributed by atoms with E-state index in [0.717, 1.165) is 12.8 Å². The zero-order chi connectivity index (χ0) is 16.2. The number of rotatable bonds is 6. The zero-order valence-corrected chi connectivity index (χ0v) is 13.6. The van der Waals surface area contributed by atoms with Gasteiger partial charge in [0.05, 0.1) is 5.02 Å². The molecule has 1 amide bonds. The van der Waals surface area contributed by atoms with E-state index >= 15 is 0 Å². The third kappa shape index (κ3) is 4.71. The lowest BCUT2D eigenvalue weighted by Gasteiger charge is -2.09. The molecule has 0 bridgehead atoms. The highest BCUT2D eigenvalue weighted by molar-refractivity contribution is 6.35. The largest absolute Gasteiger partial charge is 0.482 e. The number of anilines is 2. The van der Waals surface area contributed by atoms with Crippen molar-refractivity contribution in [2.75, 3.05) is 17.2 Å². The van der Waals surface area contributed by atoms with Crippen molar-refractivity contribution in [1.82, 2.24) is 10.2 Å². The molecule has 23 heavy (non-hydrogen) atoms. The van der Waals surface area contributed by atoms with Crippen molar-refractivity contribution in [3.8, 4) is 5.75 Å². The van der Waals surface area contributed by atoms with Crippen molar-refractivity contribution in [3.63, 3.8) is 0 Å². The van der Waals surface area contributed by atoms with Crippen LogP contribution in [0.15, 0.2) is 30.3 Å². The van der Waals surface area contributed by atoms with Gasteiger partial charge in [0.15, 0.2) is 12.4 Å². The summed E-state index contributed by atoms with van der Waals surface area (Å²) in [6.45, 7) is -0.189. The van der Waals surface area contributed by atoms with Gasteiger partial charge in [-0.1, -0.05) is 23.2 Å². The van der Waals surface area contributed by atoms with Crippen LogP contribution in [0.4, 0.5) is 11.6 Å². The van der Waals surface area contributed by atoms with Crippen molar-refractivity contribution in [3.05, 3.63) is 40.4 Å². The van der Waals surface area contributed by atoms with Gasteiger partial charge in [-0.15, -0.1) is 10.2 Å². The summed E-state index contributed by atoms with van der Waals surface area (Å²) in [4.78, 5) is 11.8. The number of hydrogen-bond donors (Lipinski definition) is 2. The summed E-state index contributed by atoms with van der Waals surface area (Å²) in [5, 5.41) is 14.6. The van der Waals surface area contributed by atoms with Crippen molar-refractivity contribution < 1.29 is 9.53 Å². The lowest BCUT2D eigenvalue weighted by Crippen LogP contribution is -2.21. The monoisotopic (exact) mass is 352 g/mol. The van der Waals surface area contributed by atoms with Crippen molar-refractivity contribution in [1.29, 1.82) is 0 Å². The third-order valence-electron chi connectivity index (χ3n) is 3.11. The van der Waals surface area contributed by atoms with E-state index < -0.39 is 0 Å². The molecule has 2 N–H and O–H groups in total. The van der Waals surface area contributed by atoms with Gasteiger partial charge in [-0.25, -0.2) is 0 Å². The number of carbonyl (C=O) groups excluding carboxylic acids is 1. The van der Waals surface area contributed by atoms with Crippen LogP contribution in [0.25, 0.3) is 0 Å². The number of hydrogen-bond acceptors (Lipinski definition) is 5. The first-order valence-electron chi connectivity index (χ1n) is 7.08. The highest BCUT2D eigenvalue weighted by Crippen LogP contribution is 2.27. The summed E-state index contributed by atoms with van der Waals surface area (Å²) >= 11 is 11.8. The van der Waals surface area contributed by atoms with Crippen LogP contribution in [-0.4, -0.2) is 28.8 Å². The van der Waals surface area contributed by atoms with Gasteiger partial charge in [0.2, 0.25) is 0 Å². The molecule has 8 heteroatoms. The maximum absolute atomic E-state index is 11.8. The summed E-state index contributed by atoms with van der Waals surface area (Å²) in [6.07, 6.45) is 2.32. The van der Waals surface area contributed by atoms with Crippen LogP contribution in [0.1, 0.15) is 12.8 Å². The first kappa shape index (κ1) is 15.8. The highest BCUT2D eigenvalue weighted by Gasteiger charge is 2.21. The minimum absolute atomic E-state index is 0.189. The standard InChI is InChI=1S/C15H14Cl2N4O2/c16-9-1-4-12(11(17)7-9)23-8-15(22)19-14-6-5-13(20-21-14)18-10-2-3-10/h1,4-7,10H,2-3,8H2,(H,18,20)(H,19,21,22). The van der Waals surface area contributed by atoms with Gasteiger partial charge in [0.1, 0.15) is 11.6 Å². The van der Waals surface area contributed by atoms with Gasteiger partial charge in [0, 0.05) is 11.1 Å². The Bertz CT molecular complexity index is 705. The Morgan fingerprint density at radius 3 is 2.57 bits per heavy atom. The van der Waals surface area contributed by atoms with E-state index in [1.54, 1.807) is 30.3 Å². The summed E-state index contributed by atoms with van der Waals surface area (Å²) in [5.41, 5.74) is 0. The number of ether oxygens (including phenoxy) is 1. The maximum Gasteiger partial charge on any atom is 0.263 e. The number of carbonyl (C=O) groups is 1. The molecule has 2 aromatic rings. The molecule has 0 spiro atoms. The second-order valence-corrected chi connectivity index (χ2v) is 5.98. The number of nitrogens with zero attached hydrogens (tertiary/aromatic N) is 2. The summed E-state index contributed by atoms with van der Waals surface area (Å²) < 4.78 is 5.35. The fourth-order valence-corrected chi connectivity index (χ4v) is 2.29. The topological polar surface area (TPSA) is 76.1 Å². The number of nitrogens with one attached hydrogen (secondary N) is 2. The summed E-state index contributed by atoms with van der Waals surface area (Å²) in [7, 11) is 0. The summed E-state index contributed by atoms with van der Waals surface area (Å²) in [6, 6.07) is 8.76. The van der Waals surface area contributed by atoms with Crippen LogP contribution in [0.5, 0.6) is 5.75 Å². The Morgan fingerprint density at radius 2 is 1.91 bits per heavy atom. The fraction of sp³-hybridized carbons (Fsp3) is 0.267. The SMILES string of the molecule is O=C(COc1ccc(Cl)cc1Cl)Nc1ccc(NC2CC2)nn1. The number of amides is 1. The third-order valence-corrected chi connectivity index (χ3v) is 3.64. The van der Waals surface area contributed by atoms with Gasteiger partial charge in [-0.2, -0.15) is 0 Å². The van der Waals surface area contributed by atoms with Crippen LogP contribution in [0, 0.1) is 0 Å². The molecule has 0 radical (unpaired) electrons. The van der Waals surface area contributed by atoms with Gasteiger partial charge in [-0.05, 0) is 43.2 Å². The van der Waals surface area contributed by atoms with Gasteiger partial charge in [0.25, 0.3) is 5.91 Å². The molecule has 0 aliphatic heterocycles. The van der Waals surface area contributed by atoms with Crippen LogP contribution in [0.3, 0.4) is 0 Å². The highest BCUT2D eigenvalue weighted by atomic mass is 35.5. The Kier molecular flexibility index (Phi) is 4.83. The molecule has 6 nitrogen and oxygen atoms in total. The number of aromatic nitrogens is 2. The first-order valence-corrected chi connectivity index (χ1v) is 7.84. The molecule has 1 aliphatic rings. The van der Waals surface area contributed by atoms with E-state index in [0.29, 0.717) is 33.5 Å². The molecule has 0 saturated heterocycles. The van der Waals surface area contributed by atoms with Gasteiger partial charge in [-0.3, -0.25) is 4.79 Å². The predicted molar refractivity (Wildman–Crippen MR) is 89.3 cm³/mol. The number of benzene rings is 1.